The zero-order valence-electron chi connectivity index (χ0n) is 15.8. The molecular formula is C20H16N4O6. The van der Waals surface area contributed by atoms with Crippen LogP contribution in [0.3, 0.4) is 0 Å². The number of hydrogen-bond donors (Lipinski definition) is 3. The molecule has 4 rings (SSSR count). The van der Waals surface area contributed by atoms with Crippen LogP contribution in [0.25, 0.3) is 10.9 Å². The quantitative estimate of drug-likeness (QED) is 0.547. The van der Waals surface area contributed by atoms with Crippen LogP contribution in [0.2, 0.25) is 0 Å². The SMILES string of the molecule is COC(=O)c1ccc2nc(C(=O)NCc3ccc4c(c3)NC(=O)CO4)[nH]c(=O)c2c1. The largest absolute Gasteiger partial charge is 0.482 e. The number of fused-ring (bicyclic) bond motifs is 2. The van der Waals surface area contributed by atoms with Crippen molar-refractivity contribution in [1.29, 1.82) is 0 Å². The van der Waals surface area contributed by atoms with Gasteiger partial charge in [-0.15, -0.1) is 0 Å². The van der Waals surface area contributed by atoms with Crippen LogP contribution < -0.4 is 20.9 Å². The molecule has 10 nitrogen and oxygen atoms in total. The lowest BCUT2D eigenvalue weighted by molar-refractivity contribution is -0.118. The Morgan fingerprint density at radius 3 is 2.83 bits per heavy atom. The Balaban J connectivity index is 1.52. The molecule has 0 aliphatic carbocycles. The van der Waals surface area contributed by atoms with Gasteiger partial charge >= 0.3 is 5.97 Å². The van der Waals surface area contributed by atoms with E-state index >= 15 is 0 Å². The van der Waals surface area contributed by atoms with Crippen LogP contribution in [0.1, 0.15) is 26.5 Å². The molecule has 0 saturated heterocycles. The molecule has 1 aromatic heterocycles. The second kappa shape index (κ2) is 7.66. The predicted molar refractivity (Wildman–Crippen MR) is 105 cm³/mol. The number of esters is 1. The first kappa shape index (κ1) is 19.1. The maximum atomic E-state index is 12.5. The zero-order valence-corrected chi connectivity index (χ0v) is 15.8. The summed E-state index contributed by atoms with van der Waals surface area (Å²) < 4.78 is 9.93. The highest BCUT2D eigenvalue weighted by molar-refractivity contribution is 5.97. The average molecular weight is 408 g/mol. The van der Waals surface area contributed by atoms with Gasteiger partial charge in [-0.3, -0.25) is 14.4 Å². The molecule has 2 heterocycles. The van der Waals surface area contributed by atoms with Crippen LogP contribution in [0.5, 0.6) is 5.75 Å². The normalized spacial score (nSPS) is 12.5. The van der Waals surface area contributed by atoms with Crippen molar-refractivity contribution in [2.75, 3.05) is 19.0 Å². The number of anilines is 1. The standard InChI is InChI=1S/C20H16N4O6/c1-29-20(28)11-3-4-13-12(7-11)18(26)24-17(23-13)19(27)21-8-10-2-5-15-14(6-10)22-16(25)9-30-15/h2-7H,8-9H2,1H3,(H,21,27)(H,22,25)(H,23,24,26). The number of ether oxygens (including phenoxy) is 2. The number of carbonyl (C=O) groups is 3. The van der Waals surface area contributed by atoms with Gasteiger partial charge in [0.05, 0.1) is 29.3 Å². The number of aromatic nitrogens is 2. The number of nitrogens with one attached hydrogen (secondary N) is 3. The van der Waals surface area contributed by atoms with Crippen LogP contribution in [0.4, 0.5) is 5.69 Å². The van der Waals surface area contributed by atoms with E-state index in [0.29, 0.717) is 11.4 Å². The van der Waals surface area contributed by atoms with Crippen molar-refractivity contribution in [3.63, 3.8) is 0 Å². The van der Waals surface area contributed by atoms with E-state index in [4.69, 9.17) is 4.74 Å². The number of nitrogens with zero attached hydrogens (tertiary/aromatic N) is 1. The van der Waals surface area contributed by atoms with Gasteiger partial charge in [0.25, 0.3) is 17.4 Å². The van der Waals surface area contributed by atoms with Crippen LogP contribution >= 0.6 is 0 Å². The van der Waals surface area contributed by atoms with E-state index < -0.39 is 17.4 Å². The molecule has 0 fully saturated rings. The lowest BCUT2D eigenvalue weighted by Gasteiger charge is -2.18. The second-order valence-electron chi connectivity index (χ2n) is 6.49. The minimum absolute atomic E-state index is 0.0365. The number of methoxy groups -OCH3 is 1. The van der Waals surface area contributed by atoms with Crippen molar-refractivity contribution in [2.24, 2.45) is 0 Å². The van der Waals surface area contributed by atoms with E-state index in [1.165, 1.54) is 25.3 Å². The van der Waals surface area contributed by atoms with Crippen LogP contribution in [-0.4, -0.2) is 41.5 Å². The van der Waals surface area contributed by atoms with Gasteiger partial charge in [0, 0.05) is 6.54 Å². The van der Waals surface area contributed by atoms with Gasteiger partial charge in [-0.25, -0.2) is 9.78 Å². The fourth-order valence-electron chi connectivity index (χ4n) is 3.00. The topological polar surface area (TPSA) is 139 Å². The number of carbonyl (C=O) groups excluding carboxylic acids is 3. The minimum Gasteiger partial charge on any atom is -0.482 e. The molecule has 0 atom stereocenters. The van der Waals surface area contributed by atoms with E-state index in [2.05, 4.69) is 25.3 Å². The van der Waals surface area contributed by atoms with Crippen molar-refractivity contribution in [2.45, 2.75) is 6.54 Å². The monoisotopic (exact) mass is 408 g/mol. The summed E-state index contributed by atoms with van der Waals surface area (Å²) in [6.45, 7) is 0.107. The Labute approximate surface area is 169 Å². The maximum Gasteiger partial charge on any atom is 0.337 e. The predicted octanol–water partition coefficient (Wildman–Crippen LogP) is 0.971. The first-order valence-electron chi connectivity index (χ1n) is 8.91. The van der Waals surface area contributed by atoms with Crippen molar-refractivity contribution >= 4 is 34.4 Å². The first-order chi connectivity index (χ1) is 14.4. The van der Waals surface area contributed by atoms with E-state index in [1.54, 1.807) is 18.2 Å². The number of rotatable bonds is 4. The molecular weight excluding hydrogens is 392 g/mol. The van der Waals surface area contributed by atoms with Crippen LogP contribution in [-0.2, 0) is 16.1 Å². The molecule has 1 aliphatic heterocycles. The summed E-state index contributed by atoms with van der Waals surface area (Å²) in [4.78, 5) is 54.4. The smallest absolute Gasteiger partial charge is 0.337 e. The number of aromatic amines is 1. The van der Waals surface area contributed by atoms with Gasteiger partial charge in [0.2, 0.25) is 0 Å². The molecule has 1 aliphatic rings. The molecule has 0 bridgehead atoms. The Bertz CT molecular complexity index is 1250. The third-order valence-electron chi connectivity index (χ3n) is 4.47. The fourth-order valence-corrected chi connectivity index (χ4v) is 3.00. The average Bonchev–Trinajstić information content (AvgIpc) is 2.76. The highest BCUT2D eigenvalue weighted by atomic mass is 16.5. The summed E-state index contributed by atoms with van der Waals surface area (Å²) in [7, 11) is 1.24. The minimum atomic E-state index is -0.580. The van der Waals surface area contributed by atoms with Crippen LogP contribution in [0.15, 0.2) is 41.2 Å². The zero-order chi connectivity index (χ0) is 21.3. The van der Waals surface area contributed by atoms with Gasteiger partial charge in [-0.05, 0) is 35.9 Å². The molecule has 3 N–H and O–H groups in total. The number of benzene rings is 2. The van der Waals surface area contributed by atoms with E-state index in [9.17, 15) is 19.2 Å². The Morgan fingerprint density at radius 1 is 1.20 bits per heavy atom. The highest BCUT2D eigenvalue weighted by Crippen LogP contribution is 2.28. The van der Waals surface area contributed by atoms with Crippen molar-refractivity contribution in [1.82, 2.24) is 15.3 Å². The molecule has 30 heavy (non-hydrogen) atoms. The number of hydrogen-bond acceptors (Lipinski definition) is 7. The van der Waals surface area contributed by atoms with Crippen LogP contribution in [0, 0.1) is 0 Å². The fraction of sp³-hybridized carbons (Fsp3) is 0.150. The molecule has 0 unspecified atom stereocenters. The third kappa shape index (κ3) is 3.70. The molecule has 0 saturated carbocycles. The Morgan fingerprint density at radius 2 is 2.03 bits per heavy atom. The van der Waals surface area contributed by atoms with Crippen molar-refractivity contribution in [3.05, 3.63) is 63.7 Å². The highest BCUT2D eigenvalue weighted by Gasteiger charge is 2.17. The summed E-state index contributed by atoms with van der Waals surface area (Å²) in [5.41, 5.74) is 1.17. The number of H-pyrrole nitrogens is 1. The van der Waals surface area contributed by atoms with Gasteiger partial charge < -0.3 is 25.1 Å². The van der Waals surface area contributed by atoms with E-state index in [1.807, 2.05) is 0 Å². The molecule has 2 aromatic carbocycles. The van der Waals surface area contributed by atoms with Gasteiger partial charge in [-0.2, -0.15) is 0 Å². The number of amides is 2. The molecule has 3 aromatic rings. The third-order valence-corrected chi connectivity index (χ3v) is 4.47. The summed E-state index contributed by atoms with van der Waals surface area (Å²) in [5, 5.41) is 5.53. The summed E-state index contributed by atoms with van der Waals surface area (Å²) in [5.74, 6) is -1.02. The van der Waals surface area contributed by atoms with Gasteiger partial charge in [0.15, 0.2) is 12.4 Å². The van der Waals surface area contributed by atoms with E-state index in [-0.39, 0.29) is 41.3 Å². The summed E-state index contributed by atoms with van der Waals surface area (Å²) in [6, 6.07) is 9.44. The summed E-state index contributed by atoms with van der Waals surface area (Å²) in [6.07, 6.45) is 0. The summed E-state index contributed by atoms with van der Waals surface area (Å²) >= 11 is 0. The molecule has 152 valence electrons. The van der Waals surface area contributed by atoms with Gasteiger partial charge in [0.1, 0.15) is 5.75 Å². The maximum absolute atomic E-state index is 12.5. The van der Waals surface area contributed by atoms with Crippen molar-refractivity contribution in [3.8, 4) is 5.75 Å². The first-order valence-corrected chi connectivity index (χ1v) is 8.91. The Hall–Kier alpha value is -4.21. The molecule has 0 spiro atoms. The van der Waals surface area contributed by atoms with E-state index in [0.717, 1.165) is 5.56 Å². The van der Waals surface area contributed by atoms with Crippen molar-refractivity contribution < 1.29 is 23.9 Å². The Kier molecular flexibility index (Phi) is 4.88. The lowest BCUT2D eigenvalue weighted by atomic mass is 10.1. The molecule has 2 amide bonds. The molecule has 0 radical (unpaired) electrons. The lowest BCUT2D eigenvalue weighted by Crippen LogP contribution is -2.28. The molecule has 10 heteroatoms. The second-order valence-corrected chi connectivity index (χ2v) is 6.49. The van der Waals surface area contributed by atoms with Gasteiger partial charge in [-0.1, -0.05) is 6.07 Å².